The van der Waals surface area contributed by atoms with Gasteiger partial charge in [0.15, 0.2) is 3.01 Å². The molecule has 0 aliphatic rings. The van der Waals surface area contributed by atoms with Crippen molar-refractivity contribution >= 4 is 33.9 Å². The molecule has 1 heterocycles. The van der Waals surface area contributed by atoms with Gasteiger partial charge in [-0.2, -0.15) is 0 Å². The molecule has 4 heteroatoms. The number of hydrogen-bond acceptors (Lipinski definition) is 3. The molecule has 60 valence electrons. The predicted molar refractivity (Wildman–Crippen MR) is 58.1 cm³/mol. The monoisotopic (exact) mass is 288 g/mol. The molecule has 0 radical (unpaired) electrons. The van der Waals surface area contributed by atoms with Gasteiger partial charge < -0.3 is 0 Å². The number of halogens is 1. The fourth-order valence-corrected chi connectivity index (χ4v) is 2.21. The first kappa shape index (κ1) is 8.12. The summed E-state index contributed by atoms with van der Waals surface area (Å²) in [6.07, 6.45) is 0. The Morgan fingerprint density at radius 3 is 2.42 bits per heavy atom. The molecule has 0 unspecified atom stereocenters. The zero-order valence-corrected chi connectivity index (χ0v) is 9.04. The quantitative estimate of drug-likeness (QED) is 0.754. The number of hydrogen-bond donors (Lipinski definition) is 0. The summed E-state index contributed by atoms with van der Waals surface area (Å²) in [5.41, 5.74) is 1.14. The third kappa shape index (κ3) is 1.64. The third-order valence-electron chi connectivity index (χ3n) is 1.42. The van der Waals surface area contributed by atoms with E-state index in [1.165, 1.54) is 0 Å². The molecular weight excluding hydrogens is 283 g/mol. The fourth-order valence-electron chi connectivity index (χ4n) is 0.903. The third-order valence-corrected chi connectivity index (χ3v) is 3.06. The van der Waals surface area contributed by atoms with Crippen molar-refractivity contribution in [3.8, 4) is 10.6 Å². The summed E-state index contributed by atoms with van der Waals surface area (Å²) < 4.78 is 0.978. The molecule has 0 fully saturated rings. The second-order valence-corrected chi connectivity index (χ2v) is 4.96. The van der Waals surface area contributed by atoms with Gasteiger partial charge in [-0.15, -0.1) is 10.2 Å². The van der Waals surface area contributed by atoms with Crippen LogP contribution in [0.25, 0.3) is 10.6 Å². The summed E-state index contributed by atoms with van der Waals surface area (Å²) in [6.45, 7) is 0. The van der Waals surface area contributed by atoms with Crippen LogP contribution in [0.1, 0.15) is 0 Å². The van der Waals surface area contributed by atoms with E-state index in [0.29, 0.717) is 0 Å². The maximum atomic E-state index is 4.05. The van der Waals surface area contributed by atoms with Crippen molar-refractivity contribution in [2.24, 2.45) is 0 Å². The molecule has 0 aliphatic heterocycles. The minimum absolute atomic E-state index is 0.978. The standard InChI is InChI=1S/C8H5IN2S/c9-8-11-10-7(12-8)6-4-2-1-3-5-6/h1-5H. The first-order valence-electron chi connectivity index (χ1n) is 3.41. The highest BCUT2D eigenvalue weighted by atomic mass is 127. The van der Waals surface area contributed by atoms with Crippen LogP contribution in [0.5, 0.6) is 0 Å². The van der Waals surface area contributed by atoms with Gasteiger partial charge in [0, 0.05) is 5.56 Å². The van der Waals surface area contributed by atoms with Crippen LogP contribution in [0, 0.1) is 3.01 Å². The van der Waals surface area contributed by atoms with E-state index in [2.05, 4.69) is 32.8 Å². The van der Waals surface area contributed by atoms with Gasteiger partial charge in [-0.3, -0.25) is 0 Å². The lowest BCUT2D eigenvalue weighted by Gasteiger charge is -1.90. The molecule has 2 rings (SSSR count). The van der Waals surface area contributed by atoms with Crippen LogP contribution in [-0.4, -0.2) is 10.2 Å². The first-order chi connectivity index (χ1) is 5.86. The summed E-state index contributed by atoms with van der Waals surface area (Å²) >= 11 is 3.78. The van der Waals surface area contributed by atoms with E-state index in [1.807, 2.05) is 30.3 Å². The topological polar surface area (TPSA) is 25.8 Å². The maximum Gasteiger partial charge on any atom is 0.178 e. The fraction of sp³-hybridized carbons (Fsp3) is 0. The molecule has 0 spiro atoms. The van der Waals surface area contributed by atoms with Gasteiger partial charge in [0.2, 0.25) is 0 Å². The van der Waals surface area contributed by atoms with E-state index in [9.17, 15) is 0 Å². The van der Waals surface area contributed by atoms with Gasteiger partial charge >= 0.3 is 0 Å². The van der Waals surface area contributed by atoms with Crippen LogP contribution < -0.4 is 0 Å². The average Bonchev–Trinajstić information content (AvgIpc) is 2.54. The van der Waals surface area contributed by atoms with Crippen molar-refractivity contribution in [3.05, 3.63) is 33.3 Å². The highest BCUT2D eigenvalue weighted by molar-refractivity contribution is 14.1. The van der Waals surface area contributed by atoms with E-state index in [-0.39, 0.29) is 0 Å². The van der Waals surface area contributed by atoms with Crippen molar-refractivity contribution in [1.82, 2.24) is 10.2 Å². The van der Waals surface area contributed by atoms with Crippen molar-refractivity contribution in [2.45, 2.75) is 0 Å². The van der Waals surface area contributed by atoms with Crippen molar-refractivity contribution < 1.29 is 0 Å². The van der Waals surface area contributed by atoms with Crippen molar-refractivity contribution in [2.75, 3.05) is 0 Å². The summed E-state index contributed by atoms with van der Waals surface area (Å²) in [4.78, 5) is 0. The molecule has 1 aromatic heterocycles. The second-order valence-electron chi connectivity index (χ2n) is 2.23. The van der Waals surface area contributed by atoms with Crippen LogP contribution >= 0.6 is 33.9 Å². The van der Waals surface area contributed by atoms with Crippen LogP contribution in [0.3, 0.4) is 0 Å². The molecule has 2 aromatic rings. The molecule has 12 heavy (non-hydrogen) atoms. The number of benzene rings is 1. The van der Waals surface area contributed by atoms with E-state index in [4.69, 9.17) is 0 Å². The van der Waals surface area contributed by atoms with Gasteiger partial charge in [-0.1, -0.05) is 41.7 Å². The maximum absolute atomic E-state index is 4.05. The minimum Gasteiger partial charge on any atom is -0.137 e. The predicted octanol–water partition coefficient (Wildman–Crippen LogP) is 2.81. The Bertz CT molecular complexity index is 372. The summed E-state index contributed by atoms with van der Waals surface area (Å²) in [5.74, 6) is 0. The van der Waals surface area contributed by atoms with Crippen LogP contribution in [0.15, 0.2) is 30.3 Å². The zero-order chi connectivity index (χ0) is 8.39. The summed E-state index contributed by atoms with van der Waals surface area (Å²) in [5, 5.41) is 8.98. The highest BCUT2D eigenvalue weighted by Gasteiger charge is 2.02. The molecule has 1 aromatic carbocycles. The van der Waals surface area contributed by atoms with E-state index >= 15 is 0 Å². The smallest absolute Gasteiger partial charge is 0.137 e. The molecule has 0 N–H and O–H groups in total. The van der Waals surface area contributed by atoms with Crippen molar-refractivity contribution in [1.29, 1.82) is 0 Å². The molecule has 0 bridgehead atoms. The molecule has 0 saturated carbocycles. The largest absolute Gasteiger partial charge is 0.178 e. The molecule has 0 amide bonds. The molecule has 0 aliphatic carbocycles. The lowest BCUT2D eigenvalue weighted by Crippen LogP contribution is -1.74. The lowest BCUT2D eigenvalue weighted by molar-refractivity contribution is 1.07. The SMILES string of the molecule is Ic1nnc(-c2ccccc2)s1. The Labute approximate surface area is 87.8 Å². The average molecular weight is 288 g/mol. The Morgan fingerprint density at radius 1 is 1.08 bits per heavy atom. The van der Waals surface area contributed by atoms with Gasteiger partial charge in [-0.05, 0) is 22.6 Å². The highest BCUT2D eigenvalue weighted by Crippen LogP contribution is 2.23. The Balaban J connectivity index is 2.45. The summed E-state index contributed by atoms with van der Waals surface area (Å²) in [7, 11) is 0. The zero-order valence-electron chi connectivity index (χ0n) is 6.07. The minimum atomic E-state index is 0.978. The molecule has 2 nitrogen and oxygen atoms in total. The molecular formula is C8H5IN2S. The second kappa shape index (κ2) is 3.49. The number of rotatable bonds is 1. The van der Waals surface area contributed by atoms with E-state index in [0.717, 1.165) is 13.6 Å². The van der Waals surface area contributed by atoms with Gasteiger partial charge in [0.05, 0.1) is 0 Å². The molecule has 0 atom stereocenters. The Morgan fingerprint density at radius 2 is 1.83 bits per heavy atom. The van der Waals surface area contributed by atoms with Gasteiger partial charge in [0.25, 0.3) is 0 Å². The normalized spacial score (nSPS) is 10.1. The van der Waals surface area contributed by atoms with Gasteiger partial charge in [-0.25, -0.2) is 0 Å². The first-order valence-corrected chi connectivity index (χ1v) is 5.30. The van der Waals surface area contributed by atoms with Gasteiger partial charge in [0.1, 0.15) is 5.01 Å². The number of aromatic nitrogens is 2. The summed E-state index contributed by atoms with van der Waals surface area (Å²) in [6, 6.07) is 10.1. The van der Waals surface area contributed by atoms with Crippen LogP contribution in [0.2, 0.25) is 0 Å². The van der Waals surface area contributed by atoms with E-state index in [1.54, 1.807) is 11.3 Å². The Kier molecular flexibility index (Phi) is 2.36. The number of nitrogens with zero attached hydrogens (tertiary/aromatic N) is 2. The van der Waals surface area contributed by atoms with Crippen LogP contribution in [0.4, 0.5) is 0 Å². The van der Waals surface area contributed by atoms with E-state index < -0.39 is 0 Å². The lowest BCUT2D eigenvalue weighted by atomic mass is 10.2. The molecule has 0 saturated heterocycles. The van der Waals surface area contributed by atoms with Crippen LogP contribution in [-0.2, 0) is 0 Å². The Hall–Kier alpha value is -0.490. The van der Waals surface area contributed by atoms with Crippen molar-refractivity contribution in [3.63, 3.8) is 0 Å².